The summed E-state index contributed by atoms with van der Waals surface area (Å²) in [5.74, 6) is 2.23. The van der Waals surface area contributed by atoms with Crippen LogP contribution >= 0.6 is 15.9 Å². The van der Waals surface area contributed by atoms with Gasteiger partial charge in [0.25, 0.3) is 0 Å². The summed E-state index contributed by atoms with van der Waals surface area (Å²) < 4.78 is 5.99. The van der Waals surface area contributed by atoms with E-state index in [4.69, 9.17) is 4.52 Å². The molecule has 0 aromatic carbocycles. The van der Waals surface area contributed by atoms with Crippen molar-refractivity contribution in [2.24, 2.45) is 0 Å². The van der Waals surface area contributed by atoms with Gasteiger partial charge in [0.1, 0.15) is 12.1 Å². The predicted molar refractivity (Wildman–Crippen MR) is 72.7 cm³/mol. The number of piperidine rings is 1. The smallest absolute Gasteiger partial charge is 0.223 e. The van der Waals surface area contributed by atoms with Crippen LogP contribution in [0, 0.1) is 6.92 Å². The van der Waals surface area contributed by atoms with Gasteiger partial charge in [0, 0.05) is 19.7 Å². The van der Waals surface area contributed by atoms with Crippen molar-refractivity contribution in [3.63, 3.8) is 0 Å². The normalized spacial score (nSPS) is 19.7. The molecule has 1 atom stereocenters. The van der Waals surface area contributed by atoms with E-state index in [9.17, 15) is 0 Å². The Balaban J connectivity index is 1.96. The van der Waals surface area contributed by atoms with Crippen LogP contribution in [0.15, 0.2) is 21.5 Å². The minimum Gasteiger partial charge on any atom is -0.345 e. The number of halogens is 1. The monoisotopic (exact) mass is 323 g/mol. The highest BCUT2D eigenvalue weighted by Gasteiger charge is 2.29. The van der Waals surface area contributed by atoms with E-state index in [-0.39, 0.29) is 6.04 Å². The Morgan fingerprint density at radius 2 is 2.32 bits per heavy atom. The third-order valence-corrected chi connectivity index (χ3v) is 3.82. The number of anilines is 1. The zero-order valence-corrected chi connectivity index (χ0v) is 12.2. The lowest BCUT2D eigenvalue weighted by Crippen LogP contribution is -2.35. The first-order valence-electron chi connectivity index (χ1n) is 6.28. The molecule has 0 saturated carbocycles. The van der Waals surface area contributed by atoms with E-state index in [0.29, 0.717) is 5.89 Å². The van der Waals surface area contributed by atoms with Gasteiger partial charge in [-0.25, -0.2) is 9.97 Å². The van der Waals surface area contributed by atoms with Crippen molar-refractivity contribution in [1.82, 2.24) is 20.1 Å². The van der Waals surface area contributed by atoms with E-state index < -0.39 is 0 Å². The molecule has 1 fully saturated rings. The number of nitrogens with zero attached hydrogens (tertiary/aromatic N) is 5. The Kier molecular flexibility index (Phi) is 3.46. The third kappa shape index (κ3) is 2.47. The van der Waals surface area contributed by atoms with Gasteiger partial charge in [0.15, 0.2) is 5.82 Å². The predicted octanol–water partition coefficient (Wildman–Crippen LogP) is 2.66. The lowest BCUT2D eigenvalue weighted by molar-refractivity contribution is 0.371. The van der Waals surface area contributed by atoms with E-state index in [1.54, 1.807) is 12.5 Å². The van der Waals surface area contributed by atoms with Gasteiger partial charge in [0.05, 0.1) is 10.5 Å². The summed E-state index contributed by atoms with van der Waals surface area (Å²) in [6.45, 7) is 2.75. The molecule has 0 spiro atoms. The molecule has 1 aliphatic rings. The van der Waals surface area contributed by atoms with Crippen LogP contribution in [0.25, 0.3) is 0 Å². The second-order valence-corrected chi connectivity index (χ2v) is 5.43. The van der Waals surface area contributed by atoms with Crippen LogP contribution < -0.4 is 4.90 Å². The minimum absolute atomic E-state index is 0.123. The van der Waals surface area contributed by atoms with Crippen LogP contribution in [0.1, 0.15) is 37.0 Å². The maximum absolute atomic E-state index is 5.10. The molecular formula is C12H14BrN5O. The van der Waals surface area contributed by atoms with Gasteiger partial charge >= 0.3 is 0 Å². The minimum atomic E-state index is 0.123. The summed E-state index contributed by atoms with van der Waals surface area (Å²) in [6, 6.07) is 0.123. The molecule has 2 aromatic rings. The number of hydrogen-bond donors (Lipinski definition) is 0. The molecule has 0 radical (unpaired) electrons. The van der Waals surface area contributed by atoms with Crippen LogP contribution in [0.4, 0.5) is 5.82 Å². The topological polar surface area (TPSA) is 67.9 Å². The van der Waals surface area contributed by atoms with Crippen LogP contribution in [0.2, 0.25) is 0 Å². The molecule has 0 N–H and O–H groups in total. The summed E-state index contributed by atoms with van der Waals surface area (Å²) in [7, 11) is 0. The van der Waals surface area contributed by atoms with Crippen LogP contribution in [0.5, 0.6) is 0 Å². The largest absolute Gasteiger partial charge is 0.345 e. The van der Waals surface area contributed by atoms with Gasteiger partial charge in [-0.15, -0.1) is 0 Å². The molecule has 1 unspecified atom stereocenters. The van der Waals surface area contributed by atoms with Crippen molar-refractivity contribution in [3.05, 3.63) is 28.7 Å². The van der Waals surface area contributed by atoms with Crippen molar-refractivity contribution in [2.45, 2.75) is 32.2 Å². The van der Waals surface area contributed by atoms with Crippen LogP contribution in [-0.4, -0.2) is 26.7 Å². The van der Waals surface area contributed by atoms with Crippen LogP contribution in [-0.2, 0) is 0 Å². The third-order valence-electron chi connectivity index (χ3n) is 3.26. The molecule has 0 amide bonds. The zero-order chi connectivity index (χ0) is 13.2. The molecular weight excluding hydrogens is 310 g/mol. The molecule has 100 valence electrons. The summed E-state index contributed by atoms with van der Waals surface area (Å²) in [5.41, 5.74) is 0. The van der Waals surface area contributed by atoms with E-state index in [0.717, 1.165) is 41.9 Å². The van der Waals surface area contributed by atoms with E-state index in [2.05, 4.69) is 40.9 Å². The fourth-order valence-electron chi connectivity index (χ4n) is 2.42. The lowest BCUT2D eigenvalue weighted by Gasteiger charge is -2.35. The number of aromatic nitrogens is 4. The maximum atomic E-state index is 5.10. The highest BCUT2D eigenvalue weighted by Crippen LogP contribution is 2.35. The average molecular weight is 324 g/mol. The Hall–Kier alpha value is -1.50. The first-order chi connectivity index (χ1) is 9.25. The summed E-state index contributed by atoms with van der Waals surface area (Å²) in [6.07, 6.45) is 6.64. The first kappa shape index (κ1) is 12.5. The number of hydrogen-bond acceptors (Lipinski definition) is 6. The van der Waals surface area contributed by atoms with Gasteiger partial charge in [-0.1, -0.05) is 5.16 Å². The second-order valence-electron chi connectivity index (χ2n) is 4.57. The van der Waals surface area contributed by atoms with E-state index in [1.165, 1.54) is 0 Å². The summed E-state index contributed by atoms with van der Waals surface area (Å²) >= 11 is 3.51. The van der Waals surface area contributed by atoms with Gasteiger partial charge < -0.3 is 9.42 Å². The van der Waals surface area contributed by atoms with E-state index in [1.807, 2.05) is 6.92 Å². The lowest BCUT2D eigenvalue weighted by atomic mass is 10.0. The maximum Gasteiger partial charge on any atom is 0.223 e. The molecule has 0 bridgehead atoms. The molecule has 7 heteroatoms. The summed E-state index contributed by atoms with van der Waals surface area (Å²) in [5, 5.41) is 4.06. The molecule has 1 aliphatic heterocycles. The fourth-order valence-corrected chi connectivity index (χ4v) is 2.87. The van der Waals surface area contributed by atoms with Gasteiger partial charge in [-0.2, -0.15) is 4.98 Å². The molecule has 19 heavy (non-hydrogen) atoms. The molecule has 6 nitrogen and oxygen atoms in total. The number of rotatable bonds is 2. The Morgan fingerprint density at radius 1 is 1.42 bits per heavy atom. The van der Waals surface area contributed by atoms with Crippen molar-refractivity contribution >= 4 is 21.7 Å². The molecule has 1 saturated heterocycles. The average Bonchev–Trinajstić information content (AvgIpc) is 2.86. The molecule has 3 rings (SSSR count). The number of aryl methyl sites for hydroxylation is 1. The SMILES string of the molecule is Cc1nc(C2CCCCN2c2ncncc2Br)no1. The van der Waals surface area contributed by atoms with Gasteiger partial charge in [-0.05, 0) is 35.2 Å². The highest BCUT2D eigenvalue weighted by molar-refractivity contribution is 9.10. The molecule has 3 heterocycles. The highest BCUT2D eigenvalue weighted by atomic mass is 79.9. The Bertz CT molecular complexity index is 573. The molecule has 0 aliphatic carbocycles. The van der Waals surface area contributed by atoms with Crippen molar-refractivity contribution in [1.29, 1.82) is 0 Å². The van der Waals surface area contributed by atoms with Crippen LogP contribution in [0.3, 0.4) is 0 Å². The zero-order valence-electron chi connectivity index (χ0n) is 10.6. The Labute approximate surface area is 119 Å². The second kappa shape index (κ2) is 5.24. The van der Waals surface area contributed by atoms with E-state index >= 15 is 0 Å². The van der Waals surface area contributed by atoms with Crippen molar-refractivity contribution in [3.8, 4) is 0 Å². The van der Waals surface area contributed by atoms with Gasteiger partial charge in [0.2, 0.25) is 5.89 Å². The fraction of sp³-hybridized carbons (Fsp3) is 0.500. The summed E-state index contributed by atoms with van der Waals surface area (Å²) in [4.78, 5) is 15.0. The Morgan fingerprint density at radius 3 is 3.05 bits per heavy atom. The van der Waals surface area contributed by atoms with Crippen molar-refractivity contribution < 1.29 is 4.52 Å². The molecule has 2 aromatic heterocycles. The quantitative estimate of drug-likeness (QED) is 0.846. The standard InChI is InChI=1S/C12H14BrN5O/c1-8-16-11(17-19-8)10-4-2-3-5-18(10)12-9(13)6-14-7-15-12/h6-7,10H,2-5H2,1H3. The first-order valence-corrected chi connectivity index (χ1v) is 7.07. The van der Waals surface area contributed by atoms with Crippen molar-refractivity contribution in [2.75, 3.05) is 11.4 Å². The van der Waals surface area contributed by atoms with Gasteiger partial charge in [-0.3, -0.25) is 0 Å².